The van der Waals surface area contributed by atoms with Crippen LogP contribution in [0.15, 0.2) is 60.8 Å². The zero-order valence-electron chi connectivity index (χ0n) is 42.3. The Morgan fingerprint density at radius 1 is 0.328 bits per heavy atom. The quantitative estimate of drug-likeness (QED) is 0.0262. The maximum Gasteiger partial charge on any atom is 0.306 e. The van der Waals surface area contributed by atoms with E-state index in [0.29, 0.717) is 19.3 Å². The van der Waals surface area contributed by atoms with Crippen LogP contribution in [0.2, 0.25) is 0 Å². The van der Waals surface area contributed by atoms with Crippen molar-refractivity contribution < 1.29 is 28.6 Å². The van der Waals surface area contributed by atoms with Gasteiger partial charge in [0.15, 0.2) is 6.10 Å². The maximum absolute atomic E-state index is 12.7. The summed E-state index contributed by atoms with van der Waals surface area (Å²) in [6.07, 6.45) is 65.3. The lowest BCUT2D eigenvalue weighted by Gasteiger charge is -2.18. The third kappa shape index (κ3) is 50.1. The summed E-state index contributed by atoms with van der Waals surface area (Å²) in [5.41, 5.74) is 0. The highest BCUT2D eigenvalue weighted by atomic mass is 16.6. The van der Waals surface area contributed by atoms with Crippen LogP contribution in [0.4, 0.5) is 0 Å². The summed E-state index contributed by atoms with van der Waals surface area (Å²) in [6, 6.07) is 0. The minimum Gasteiger partial charge on any atom is -0.462 e. The van der Waals surface area contributed by atoms with Crippen LogP contribution in [0.3, 0.4) is 0 Å². The van der Waals surface area contributed by atoms with Crippen LogP contribution in [-0.4, -0.2) is 37.2 Å². The molecule has 0 saturated heterocycles. The van der Waals surface area contributed by atoms with E-state index in [1.54, 1.807) is 0 Å². The van der Waals surface area contributed by atoms with Crippen LogP contribution in [0.1, 0.15) is 271 Å². The number of carbonyl (C=O) groups is 3. The Bertz CT molecular complexity index is 1170. The lowest BCUT2D eigenvalue weighted by atomic mass is 10.0. The molecule has 6 heteroatoms. The molecule has 0 aromatic heterocycles. The first kappa shape index (κ1) is 61.1. The van der Waals surface area contributed by atoms with Gasteiger partial charge in [0.1, 0.15) is 13.2 Å². The van der Waals surface area contributed by atoms with Crippen LogP contribution in [-0.2, 0) is 28.6 Å². The van der Waals surface area contributed by atoms with E-state index in [-0.39, 0.29) is 31.1 Å². The van der Waals surface area contributed by atoms with E-state index in [2.05, 4.69) is 81.5 Å². The lowest BCUT2D eigenvalue weighted by molar-refractivity contribution is -0.167. The second kappa shape index (κ2) is 52.7. The fourth-order valence-electron chi connectivity index (χ4n) is 7.66. The van der Waals surface area contributed by atoms with Gasteiger partial charge in [0.2, 0.25) is 0 Å². The molecule has 0 fully saturated rings. The lowest BCUT2D eigenvalue weighted by Crippen LogP contribution is -2.30. The first-order valence-corrected chi connectivity index (χ1v) is 27.3. The van der Waals surface area contributed by atoms with Crippen molar-refractivity contribution in [2.75, 3.05) is 13.2 Å². The van der Waals surface area contributed by atoms with Crippen LogP contribution < -0.4 is 0 Å². The Hall–Kier alpha value is -2.89. The molecular weight excluding hydrogens is 793 g/mol. The summed E-state index contributed by atoms with van der Waals surface area (Å²) in [6.45, 7) is 6.45. The Balaban J connectivity index is 4.12. The molecule has 64 heavy (non-hydrogen) atoms. The van der Waals surface area contributed by atoms with Gasteiger partial charge in [-0.05, 0) is 83.5 Å². The molecule has 1 atom stereocenters. The van der Waals surface area contributed by atoms with Crippen molar-refractivity contribution in [1.29, 1.82) is 0 Å². The molecule has 0 aliphatic heterocycles. The molecule has 6 nitrogen and oxygen atoms in total. The van der Waals surface area contributed by atoms with Gasteiger partial charge in [0.25, 0.3) is 0 Å². The number of ether oxygens (including phenoxy) is 3. The first-order chi connectivity index (χ1) is 31.5. The number of esters is 3. The zero-order valence-corrected chi connectivity index (χ0v) is 42.3. The van der Waals surface area contributed by atoms with Crippen molar-refractivity contribution in [1.82, 2.24) is 0 Å². The Labute approximate surface area is 396 Å². The van der Waals surface area contributed by atoms with E-state index >= 15 is 0 Å². The number of rotatable bonds is 49. The zero-order chi connectivity index (χ0) is 46.5. The minimum absolute atomic E-state index is 0.0805. The summed E-state index contributed by atoms with van der Waals surface area (Å²) in [7, 11) is 0. The molecule has 0 aromatic carbocycles. The number of hydrogen-bond acceptors (Lipinski definition) is 6. The second-order valence-corrected chi connectivity index (χ2v) is 18.1. The SMILES string of the molecule is CC/C=C\C/C=C\C/C=C\CCCCCCCC(=O)OC(COC(=O)CCCCCCCC)COC(=O)CCCCCCCCCCCCCCC/C=C\C/C=C\CCCCCCC. The van der Waals surface area contributed by atoms with E-state index in [0.717, 1.165) is 103 Å². The highest BCUT2D eigenvalue weighted by Crippen LogP contribution is 2.15. The van der Waals surface area contributed by atoms with E-state index in [4.69, 9.17) is 14.2 Å². The third-order valence-corrected chi connectivity index (χ3v) is 11.8. The summed E-state index contributed by atoms with van der Waals surface area (Å²) < 4.78 is 16.7. The molecular formula is C58H102O6. The molecule has 0 aliphatic rings. The van der Waals surface area contributed by atoms with E-state index in [1.807, 2.05) is 0 Å². The van der Waals surface area contributed by atoms with Gasteiger partial charge >= 0.3 is 17.9 Å². The predicted molar refractivity (Wildman–Crippen MR) is 275 cm³/mol. The normalized spacial score (nSPS) is 12.5. The smallest absolute Gasteiger partial charge is 0.306 e. The standard InChI is InChI=1S/C58H102O6/c1-4-7-10-13-16-18-20-22-24-25-26-27-28-29-30-31-32-33-35-36-38-40-42-45-48-51-57(60)63-54-55(53-62-56(59)50-47-44-15-12-9-6-3)64-58(61)52-49-46-43-41-39-37-34-23-21-19-17-14-11-8-5-2/h8,11,17,19-20,22-23,25-26,34,55H,4-7,9-10,12-16,18,21,24,27-33,35-54H2,1-3H3/b11-8-,19-17-,22-20-,26-25-,34-23-. The van der Waals surface area contributed by atoms with Crippen LogP contribution in [0.5, 0.6) is 0 Å². The van der Waals surface area contributed by atoms with E-state index < -0.39 is 6.10 Å². The van der Waals surface area contributed by atoms with Crippen molar-refractivity contribution in [3.8, 4) is 0 Å². The van der Waals surface area contributed by atoms with Gasteiger partial charge in [-0.2, -0.15) is 0 Å². The molecule has 0 amide bonds. The molecule has 0 rings (SSSR count). The number of unbranched alkanes of at least 4 members (excludes halogenated alkanes) is 28. The van der Waals surface area contributed by atoms with Gasteiger partial charge in [-0.15, -0.1) is 0 Å². The number of hydrogen-bond donors (Lipinski definition) is 0. The average molecular weight is 895 g/mol. The van der Waals surface area contributed by atoms with Crippen LogP contribution in [0.25, 0.3) is 0 Å². The van der Waals surface area contributed by atoms with Gasteiger partial charge in [0.05, 0.1) is 0 Å². The first-order valence-electron chi connectivity index (χ1n) is 27.3. The van der Waals surface area contributed by atoms with Gasteiger partial charge in [-0.1, -0.05) is 229 Å². The minimum atomic E-state index is -0.779. The number of carbonyl (C=O) groups excluding carboxylic acids is 3. The van der Waals surface area contributed by atoms with E-state index in [1.165, 1.54) is 128 Å². The molecule has 0 saturated carbocycles. The van der Waals surface area contributed by atoms with Crippen LogP contribution >= 0.6 is 0 Å². The highest BCUT2D eigenvalue weighted by Gasteiger charge is 2.19. The molecule has 0 aromatic rings. The molecule has 0 aliphatic carbocycles. The van der Waals surface area contributed by atoms with E-state index in [9.17, 15) is 14.4 Å². The second-order valence-electron chi connectivity index (χ2n) is 18.1. The summed E-state index contributed by atoms with van der Waals surface area (Å²) in [5, 5.41) is 0. The molecule has 0 N–H and O–H groups in total. The molecule has 370 valence electrons. The van der Waals surface area contributed by atoms with Gasteiger partial charge in [-0.25, -0.2) is 0 Å². The largest absolute Gasteiger partial charge is 0.462 e. The summed E-state index contributed by atoms with van der Waals surface area (Å²) >= 11 is 0. The average Bonchev–Trinajstić information content (AvgIpc) is 3.29. The fourth-order valence-corrected chi connectivity index (χ4v) is 7.66. The Morgan fingerprint density at radius 3 is 0.953 bits per heavy atom. The molecule has 1 unspecified atom stereocenters. The van der Waals surface area contributed by atoms with Crippen molar-refractivity contribution in [2.24, 2.45) is 0 Å². The van der Waals surface area contributed by atoms with Gasteiger partial charge < -0.3 is 14.2 Å². The third-order valence-electron chi connectivity index (χ3n) is 11.8. The van der Waals surface area contributed by atoms with Crippen LogP contribution in [0, 0.1) is 0 Å². The van der Waals surface area contributed by atoms with Crippen molar-refractivity contribution in [2.45, 2.75) is 277 Å². The predicted octanol–water partition coefficient (Wildman–Crippen LogP) is 18.0. The van der Waals surface area contributed by atoms with Crippen molar-refractivity contribution in [3.63, 3.8) is 0 Å². The molecule has 0 heterocycles. The fraction of sp³-hybridized carbons (Fsp3) is 0.776. The summed E-state index contributed by atoms with van der Waals surface area (Å²) in [5.74, 6) is -0.903. The van der Waals surface area contributed by atoms with Crippen molar-refractivity contribution >= 4 is 17.9 Å². The maximum atomic E-state index is 12.7. The van der Waals surface area contributed by atoms with Crippen molar-refractivity contribution in [3.05, 3.63) is 60.8 Å². The molecule has 0 spiro atoms. The molecule has 0 radical (unpaired) electrons. The highest BCUT2D eigenvalue weighted by molar-refractivity contribution is 5.71. The molecule has 0 bridgehead atoms. The monoisotopic (exact) mass is 895 g/mol. The van der Waals surface area contributed by atoms with Gasteiger partial charge in [-0.3, -0.25) is 14.4 Å². The number of allylic oxidation sites excluding steroid dienone is 10. The summed E-state index contributed by atoms with van der Waals surface area (Å²) in [4.78, 5) is 37.8. The Morgan fingerprint density at radius 2 is 0.609 bits per heavy atom. The van der Waals surface area contributed by atoms with Gasteiger partial charge in [0, 0.05) is 19.3 Å². The Kier molecular flexibility index (Phi) is 50.4. The topological polar surface area (TPSA) is 78.9 Å².